The molecule has 0 atom stereocenters. The normalized spacial score (nSPS) is 12.7. The van der Waals surface area contributed by atoms with Crippen molar-refractivity contribution in [2.24, 2.45) is 0 Å². The lowest BCUT2D eigenvalue weighted by molar-refractivity contribution is -0.114. The third kappa shape index (κ3) is 4.05. The Hall–Kier alpha value is -3.22. The molecule has 0 aromatic heterocycles. The van der Waals surface area contributed by atoms with Crippen LogP contribution in [-0.2, 0) is 4.79 Å². The Morgan fingerprint density at radius 1 is 1.00 bits per heavy atom. The highest BCUT2D eigenvalue weighted by molar-refractivity contribution is 6.06. The van der Waals surface area contributed by atoms with E-state index in [1.807, 2.05) is 0 Å². The summed E-state index contributed by atoms with van der Waals surface area (Å²) in [7, 11) is 1.51. The molecule has 1 aliphatic heterocycles. The van der Waals surface area contributed by atoms with E-state index in [0.717, 1.165) is 6.42 Å². The molecule has 0 saturated heterocycles. The fourth-order valence-electron chi connectivity index (χ4n) is 2.59. The number of amides is 2. The Bertz CT molecular complexity index is 835. The van der Waals surface area contributed by atoms with E-state index in [0.29, 0.717) is 47.4 Å². The molecule has 0 aliphatic carbocycles. The summed E-state index contributed by atoms with van der Waals surface area (Å²) < 4.78 is 16.5. The number of rotatable bonds is 4. The van der Waals surface area contributed by atoms with Crippen molar-refractivity contribution in [3.8, 4) is 17.2 Å². The van der Waals surface area contributed by atoms with Gasteiger partial charge >= 0.3 is 0 Å². The number of carbonyl (C=O) groups is 2. The summed E-state index contributed by atoms with van der Waals surface area (Å²) in [5.41, 5.74) is 1.45. The molecule has 3 rings (SSSR count). The van der Waals surface area contributed by atoms with Crippen molar-refractivity contribution in [1.29, 1.82) is 0 Å². The Labute approximate surface area is 151 Å². The molecule has 7 heteroatoms. The average molecular weight is 356 g/mol. The van der Waals surface area contributed by atoms with Crippen LogP contribution in [0.5, 0.6) is 17.2 Å². The van der Waals surface area contributed by atoms with Crippen molar-refractivity contribution in [3.05, 3.63) is 42.0 Å². The van der Waals surface area contributed by atoms with Crippen LogP contribution in [0.2, 0.25) is 0 Å². The molecule has 7 nitrogen and oxygen atoms in total. The number of benzene rings is 2. The maximum atomic E-state index is 12.6. The molecule has 2 aromatic carbocycles. The summed E-state index contributed by atoms with van der Waals surface area (Å²) in [6, 6.07) is 10.1. The average Bonchev–Trinajstić information content (AvgIpc) is 2.86. The molecule has 0 unspecified atom stereocenters. The van der Waals surface area contributed by atoms with E-state index < -0.39 is 0 Å². The van der Waals surface area contributed by atoms with Crippen LogP contribution in [0.1, 0.15) is 23.7 Å². The summed E-state index contributed by atoms with van der Waals surface area (Å²) in [5.74, 6) is 1.15. The quantitative estimate of drug-likeness (QED) is 0.879. The zero-order valence-corrected chi connectivity index (χ0v) is 14.6. The lowest BCUT2D eigenvalue weighted by Crippen LogP contribution is -2.14. The molecule has 0 radical (unpaired) electrons. The van der Waals surface area contributed by atoms with Crippen molar-refractivity contribution in [1.82, 2.24) is 0 Å². The minimum absolute atomic E-state index is 0.199. The van der Waals surface area contributed by atoms with Gasteiger partial charge in [-0.1, -0.05) is 0 Å². The third-order valence-corrected chi connectivity index (χ3v) is 3.78. The first-order valence-corrected chi connectivity index (χ1v) is 8.23. The van der Waals surface area contributed by atoms with E-state index in [-0.39, 0.29) is 11.8 Å². The van der Waals surface area contributed by atoms with Gasteiger partial charge in [0.2, 0.25) is 5.91 Å². The van der Waals surface area contributed by atoms with Crippen molar-refractivity contribution in [3.63, 3.8) is 0 Å². The van der Waals surface area contributed by atoms with Crippen LogP contribution in [0.4, 0.5) is 11.4 Å². The van der Waals surface area contributed by atoms with E-state index in [2.05, 4.69) is 10.6 Å². The first-order chi connectivity index (χ1) is 12.6. The lowest BCUT2D eigenvalue weighted by atomic mass is 10.1. The zero-order chi connectivity index (χ0) is 18.5. The van der Waals surface area contributed by atoms with Gasteiger partial charge in [-0.3, -0.25) is 9.59 Å². The number of nitrogens with one attached hydrogen (secondary N) is 2. The van der Waals surface area contributed by atoms with E-state index in [9.17, 15) is 9.59 Å². The maximum absolute atomic E-state index is 12.6. The third-order valence-electron chi connectivity index (χ3n) is 3.78. The Morgan fingerprint density at radius 2 is 1.77 bits per heavy atom. The second-order valence-electron chi connectivity index (χ2n) is 5.76. The maximum Gasteiger partial charge on any atom is 0.255 e. The highest BCUT2D eigenvalue weighted by atomic mass is 16.5. The van der Waals surface area contributed by atoms with Crippen LogP contribution in [-0.4, -0.2) is 32.1 Å². The fourth-order valence-corrected chi connectivity index (χ4v) is 2.59. The van der Waals surface area contributed by atoms with Crippen LogP contribution in [0.3, 0.4) is 0 Å². The number of ether oxygens (including phenoxy) is 3. The number of anilines is 2. The van der Waals surface area contributed by atoms with Gasteiger partial charge < -0.3 is 24.8 Å². The zero-order valence-electron chi connectivity index (χ0n) is 14.6. The molecule has 26 heavy (non-hydrogen) atoms. The second kappa shape index (κ2) is 7.77. The lowest BCUT2D eigenvalue weighted by Gasteiger charge is -2.13. The number of hydrogen-bond acceptors (Lipinski definition) is 5. The second-order valence-corrected chi connectivity index (χ2v) is 5.76. The molecule has 136 valence electrons. The standard InChI is InChI=1S/C19H20N2O5/c1-12(22)20-14-5-7-16(24-2)15(11-14)21-19(23)13-4-6-17-18(10-13)26-9-3-8-25-17/h4-7,10-11H,3,8-9H2,1-2H3,(H,20,22)(H,21,23). The molecule has 1 aliphatic rings. The number of methoxy groups -OCH3 is 1. The molecule has 2 N–H and O–H groups in total. The fraction of sp³-hybridized carbons (Fsp3) is 0.263. The van der Waals surface area contributed by atoms with E-state index >= 15 is 0 Å². The highest BCUT2D eigenvalue weighted by Crippen LogP contribution is 2.32. The van der Waals surface area contributed by atoms with Gasteiger partial charge in [0.25, 0.3) is 5.91 Å². The Kier molecular flexibility index (Phi) is 5.26. The summed E-state index contributed by atoms with van der Waals surface area (Å²) in [6.45, 7) is 2.55. The summed E-state index contributed by atoms with van der Waals surface area (Å²) in [6.07, 6.45) is 0.795. The largest absolute Gasteiger partial charge is 0.495 e. The molecular weight excluding hydrogens is 336 g/mol. The van der Waals surface area contributed by atoms with Gasteiger partial charge in [0.1, 0.15) is 5.75 Å². The topological polar surface area (TPSA) is 85.9 Å². The molecule has 1 heterocycles. The molecule has 2 amide bonds. The van der Waals surface area contributed by atoms with Crippen molar-refractivity contribution in [2.45, 2.75) is 13.3 Å². The number of hydrogen-bond donors (Lipinski definition) is 2. The predicted octanol–water partition coefficient (Wildman–Crippen LogP) is 3.07. The number of fused-ring (bicyclic) bond motifs is 1. The van der Waals surface area contributed by atoms with Gasteiger partial charge in [-0.2, -0.15) is 0 Å². The molecule has 2 aromatic rings. The van der Waals surface area contributed by atoms with Crippen LogP contribution in [0, 0.1) is 0 Å². The molecule has 0 bridgehead atoms. The van der Waals surface area contributed by atoms with Gasteiger partial charge in [-0.15, -0.1) is 0 Å². The minimum atomic E-state index is -0.320. The first-order valence-electron chi connectivity index (χ1n) is 8.23. The van der Waals surface area contributed by atoms with E-state index in [1.165, 1.54) is 14.0 Å². The molecule has 0 fully saturated rings. The number of carbonyl (C=O) groups excluding carboxylic acids is 2. The van der Waals surface area contributed by atoms with Gasteiger partial charge in [0.05, 0.1) is 26.0 Å². The van der Waals surface area contributed by atoms with Crippen LogP contribution in [0.25, 0.3) is 0 Å². The van der Waals surface area contributed by atoms with E-state index in [4.69, 9.17) is 14.2 Å². The Morgan fingerprint density at radius 3 is 2.50 bits per heavy atom. The van der Waals surface area contributed by atoms with Crippen molar-refractivity contribution < 1.29 is 23.8 Å². The van der Waals surface area contributed by atoms with Crippen LogP contribution >= 0.6 is 0 Å². The van der Waals surface area contributed by atoms with Gasteiger partial charge in [-0.05, 0) is 36.4 Å². The monoisotopic (exact) mass is 356 g/mol. The van der Waals surface area contributed by atoms with Gasteiger partial charge in [0.15, 0.2) is 11.5 Å². The van der Waals surface area contributed by atoms with Gasteiger partial charge in [-0.25, -0.2) is 0 Å². The summed E-state index contributed by atoms with van der Waals surface area (Å²) >= 11 is 0. The molecular formula is C19H20N2O5. The van der Waals surface area contributed by atoms with Crippen LogP contribution in [0.15, 0.2) is 36.4 Å². The van der Waals surface area contributed by atoms with Crippen molar-refractivity contribution >= 4 is 23.2 Å². The van der Waals surface area contributed by atoms with Gasteiger partial charge in [0, 0.05) is 24.6 Å². The highest BCUT2D eigenvalue weighted by Gasteiger charge is 2.16. The minimum Gasteiger partial charge on any atom is -0.495 e. The summed E-state index contributed by atoms with van der Waals surface area (Å²) in [5, 5.41) is 5.48. The predicted molar refractivity (Wildman–Crippen MR) is 97.3 cm³/mol. The smallest absolute Gasteiger partial charge is 0.255 e. The first kappa shape index (κ1) is 17.6. The Balaban J connectivity index is 1.83. The van der Waals surface area contributed by atoms with Crippen molar-refractivity contribution in [2.75, 3.05) is 31.0 Å². The molecule has 0 spiro atoms. The van der Waals surface area contributed by atoms with Crippen LogP contribution < -0.4 is 24.8 Å². The van der Waals surface area contributed by atoms with E-state index in [1.54, 1.807) is 36.4 Å². The SMILES string of the molecule is COc1ccc(NC(C)=O)cc1NC(=O)c1ccc2c(c1)OCCCO2. The molecule has 0 saturated carbocycles. The summed E-state index contributed by atoms with van der Waals surface area (Å²) in [4.78, 5) is 23.9.